The van der Waals surface area contributed by atoms with Gasteiger partial charge in [-0.3, -0.25) is 0 Å². The summed E-state index contributed by atoms with van der Waals surface area (Å²) in [6.45, 7) is 3.29. The number of hydrogen-bond acceptors (Lipinski definition) is 4. The molecule has 0 unspecified atom stereocenters. The van der Waals surface area contributed by atoms with Gasteiger partial charge in [-0.1, -0.05) is 0 Å². The minimum Gasteiger partial charge on any atom is -0.396 e. The van der Waals surface area contributed by atoms with Crippen molar-refractivity contribution in [3.8, 4) is 0 Å². The maximum atomic E-state index is 9.06. The number of nitrogens with zero attached hydrogens (tertiary/aromatic N) is 1. The van der Waals surface area contributed by atoms with Crippen molar-refractivity contribution >= 4 is 11.3 Å². The van der Waals surface area contributed by atoms with Crippen LogP contribution >= 0.6 is 11.3 Å². The van der Waals surface area contributed by atoms with E-state index in [0.717, 1.165) is 30.1 Å². The molecule has 1 saturated carbocycles. The Balaban J connectivity index is 1.71. The van der Waals surface area contributed by atoms with Gasteiger partial charge >= 0.3 is 0 Å². The summed E-state index contributed by atoms with van der Waals surface area (Å²) >= 11 is 1.71. The Labute approximate surface area is 101 Å². The van der Waals surface area contributed by atoms with Gasteiger partial charge in [0.05, 0.1) is 10.7 Å². The number of hydrogen-bond donors (Lipinski definition) is 2. The number of aromatic nitrogens is 1. The summed E-state index contributed by atoms with van der Waals surface area (Å²) in [5.74, 6) is 0.541. The molecule has 1 aliphatic rings. The van der Waals surface area contributed by atoms with Crippen LogP contribution < -0.4 is 5.32 Å². The first-order valence-electron chi connectivity index (χ1n) is 6.03. The van der Waals surface area contributed by atoms with E-state index in [1.54, 1.807) is 11.3 Å². The first kappa shape index (κ1) is 12.0. The van der Waals surface area contributed by atoms with E-state index in [4.69, 9.17) is 5.11 Å². The van der Waals surface area contributed by atoms with Crippen LogP contribution in [-0.2, 0) is 6.54 Å². The van der Waals surface area contributed by atoms with Gasteiger partial charge in [-0.15, -0.1) is 11.3 Å². The van der Waals surface area contributed by atoms with Crippen LogP contribution in [-0.4, -0.2) is 22.7 Å². The Hall–Kier alpha value is -0.450. The molecule has 4 heteroatoms. The summed E-state index contributed by atoms with van der Waals surface area (Å²) in [5.41, 5.74) is 1.16. The molecular formula is C12H20N2OS. The highest BCUT2D eigenvalue weighted by Crippen LogP contribution is 2.23. The molecule has 1 heterocycles. The van der Waals surface area contributed by atoms with Crippen molar-refractivity contribution in [1.29, 1.82) is 0 Å². The lowest BCUT2D eigenvalue weighted by Gasteiger charge is -2.27. The Morgan fingerprint density at radius 2 is 2.19 bits per heavy atom. The van der Waals surface area contributed by atoms with Crippen LogP contribution in [0, 0.1) is 12.8 Å². The van der Waals surface area contributed by atoms with E-state index in [-0.39, 0.29) is 0 Å². The molecule has 90 valence electrons. The van der Waals surface area contributed by atoms with Crippen LogP contribution in [0.4, 0.5) is 0 Å². The number of aliphatic hydroxyl groups is 1. The van der Waals surface area contributed by atoms with Gasteiger partial charge in [-0.2, -0.15) is 0 Å². The fourth-order valence-electron chi connectivity index (χ4n) is 2.29. The highest BCUT2D eigenvalue weighted by Gasteiger charge is 2.20. The molecule has 1 fully saturated rings. The predicted octanol–water partition coefficient (Wildman–Crippen LogP) is 2.09. The maximum absolute atomic E-state index is 9.06. The number of aryl methyl sites for hydroxylation is 1. The van der Waals surface area contributed by atoms with Gasteiger partial charge < -0.3 is 10.4 Å². The van der Waals surface area contributed by atoms with Crippen molar-refractivity contribution in [3.63, 3.8) is 0 Å². The van der Waals surface area contributed by atoms with Crippen LogP contribution in [0.3, 0.4) is 0 Å². The lowest BCUT2D eigenvalue weighted by molar-refractivity contribution is 0.175. The predicted molar refractivity (Wildman–Crippen MR) is 66.5 cm³/mol. The molecule has 2 N–H and O–H groups in total. The standard InChI is InChI=1S/C12H20N2OS/c1-9-14-12(8-16-9)6-13-11-4-2-10(7-15)3-5-11/h8,10-11,13,15H,2-7H2,1H3. The van der Waals surface area contributed by atoms with Gasteiger partial charge in [-0.05, 0) is 38.5 Å². The van der Waals surface area contributed by atoms with E-state index >= 15 is 0 Å². The topological polar surface area (TPSA) is 45.2 Å². The third kappa shape index (κ3) is 3.27. The number of rotatable bonds is 4. The summed E-state index contributed by atoms with van der Waals surface area (Å²) in [7, 11) is 0. The van der Waals surface area contributed by atoms with Gasteiger partial charge in [0.15, 0.2) is 0 Å². The summed E-state index contributed by atoms with van der Waals surface area (Å²) in [5, 5.41) is 15.9. The van der Waals surface area contributed by atoms with Crippen molar-refractivity contribution in [2.75, 3.05) is 6.61 Å². The average molecular weight is 240 g/mol. The van der Waals surface area contributed by atoms with Crippen LogP contribution in [0.15, 0.2) is 5.38 Å². The van der Waals surface area contributed by atoms with E-state index in [1.807, 2.05) is 6.92 Å². The van der Waals surface area contributed by atoms with E-state index in [1.165, 1.54) is 12.8 Å². The molecule has 0 bridgehead atoms. The summed E-state index contributed by atoms with van der Waals surface area (Å²) in [6, 6.07) is 0.616. The first-order chi connectivity index (χ1) is 7.78. The number of thiazole rings is 1. The zero-order chi connectivity index (χ0) is 11.4. The first-order valence-corrected chi connectivity index (χ1v) is 6.91. The van der Waals surface area contributed by atoms with E-state index in [0.29, 0.717) is 18.6 Å². The van der Waals surface area contributed by atoms with Crippen molar-refractivity contribution < 1.29 is 5.11 Å². The van der Waals surface area contributed by atoms with Crippen LogP contribution in [0.1, 0.15) is 36.4 Å². The highest BCUT2D eigenvalue weighted by molar-refractivity contribution is 7.09. The molecule has 1 aromatic rings. The fraction of sp³-hybridized carbons (Fsp3) is 0.750. The Morgan fingerprint density at radius 3 is 2.75 bits per heavy atom. The average Bonchev–Trinajstić information content (AvgIpc) is 2.73. The molecule has 0 aliphatic heterocycles. The van der Waals surface area contributed by atoms with Gasteiger partial charge in [0.2, 0.25) is 0 Å². The van der Waals surface area contributed by atoms with Gasteiger partial charge in [0.25, 0.3) is 0 Å². The van der Waals surface area contributed by atoms with Crippen LogP contribution in [0.2, 0.25) is 0 Å². The molecule has 0 aromatic carbocycles. The summed E-state index contributed by atoms with van der Waals surface area (Å²) in [6.07, 6.45) is 4.69. The molecule has 0 saturated heterocycles. The molecule has 0 atom stereocenters. The zero-order valence-electron chi connectivity index (χ0n) is 9.78. The van der Waals surface area contributed by atoms with Crippen molar-refractivity contribution in [3.05, 3.63) is 16.1 Å². The Kier molecular flexibility index (Phi) is 4.32. The second kappa shape index (κ2) is 5.75. The monoisotopic (exact) mass is 240 g/mol. The SMILES string of the molecule is Cc1nc(CNC2CCC(CO)CC2)cs1. The molecule has 0 amide bonds. The van der Waals surface area contributed by atoms with Gasteiger partial charge in [-0.25, -0.2) is 4.98 Å². The molecule has 1 aromatic heterocycles. The van der Waals surface area contributed by atoms with Gasteiger partial charge in [0.1, 0.15) is 0 Å². The zero-order valence-corrected chi connectivity index (χ0v) is 10.6. The normalized spacial score (nSPS) is 25.9. The molecule has 0 radical (unpaired) electrons. The minimum atomic E-state index is 0.359. The third-order valence-electron chi connectivity index (χ3n) is 3.34. The maximum Gasteiger partial charge on any atom is 0.0897 e. The molecule has 3 nitrogen and oxygen atoms in total. The van der Waals surface area contributed by atoms with Crippen molar-refractivity contribution in [2.24, 2.45) is 5.92 Å². The second-order valence-corrected chi connectivity index (χ2v) is 5.70. The quantitative estimate of drug-likeness (QED) is 0.847. The highest BCUT2D eigenvalue weighted by atomic mass is 32.1. The lowest BCUT2D eigenvalue weighted by atomic mass is 9.86. The molecule has 1 aliphatic carbocycles. The third-order valence-corrected chi connectivity index (χ3v) is 4.17. The summed E-state index contributed by atoms with van der Waals surface area (Å²) in [4.78, 5) is 4.44. The minimum absolute atomic E-state index is 0.359. The fourth-order valence-corrected chi connectivity index (χ4v) is 2.90. The summed E-state index contributed by atoms with van der Waals surface area (Å²) < 4.78 is 0. The van der Waals surface area contributed by atoms with Crippen molar-refractivity contribution in [2.45, 2.75) is 45.2 Å². The van der Waals surface area contributed by atoms with Crippen molar-refractivity contribution in [1.82, 2.24) is 10.3 Å². The largest absolute Gasteiger partial charge is 0.396 e. The van der Waals surface area contributed by atoms with E-state index in [2.05, 4.69) is 15.7 Å². The van der Waals surface area contributed by atoms with E-state index < -0.39 is 0 Å². The van der Waals surface area contributed by atoms with E-state index in [9.17, 15) is 0 Å². The molecule has 0 spiro atoms. The second-order valence-electron chi connectivity index (χ2n) is 4.64. The Bertz CT molecular complexity index is 319. The molecule has 16 heavy (non-hydrogen) atoms. The lowest BCUT2D eigenvalue weighted by Crippen LogP contribution is -2.33. The van der Waals surface area contributed by atoms with Crippen LogP contribution in [0.5, 0.6) is 0 Å². The molecule has 2 rings (SSSR count). The van der Waals surface area contributed by atoms with Gasteiger partial charge in [0, 0.05) is 24.6 Å². The number of aliphatic hydroxyl groups excluding tert-OH is 1. The smallest absolute Gasteiger partial charge is 0.0897 e. The Morgan fingerprint density at radius 1 is 1.44 bits per heavy atom. The molecular weight excluding hydrogens is 220 g/mol. The number of nitrogens with one attached hydrogen (secondary N) is 1. The van der Waals surface area contributed by atoms with Crippen LogP contribution in [0.25, 0.3) is 0 Å².